The van der Waals surface area contributed by atoms with Crippen LogP contribution in [0.25, 0.3) is 0 Å². The lowest BCUT2D eigenvalue weighted by molar-refractivity contribution is -0.148. The molecule has 1 amide bonds. The first-order valence-corrected chi connectivity index (χ1v) is 8.09. The van der Waals surface area contributed by atoms with Gasteiger partial charge in [-0.2, -0.15) is 5.26 Å². The number of carbonyl (C=O) groups is 2. The van der Waals surface area contributed by atoms with Crippen molar-refractivity contribution in [1.82, 2.24) is 0 Å². The van der Waals surface area contributed by atoms with Crippen molar-refractivity contribution >= 4 is 17.6 Å². The Morgan fingerprint density at radius 2 is 2.00 bits per heavy atom. The van der Waals surface area contributed by atoms with Crippen molar-refractivity contribution in [3.63, 3.8) is 0 Å². The molecule has 0 saturated heterocycles. The average Bonchev–Trinajstić information content (AvgIpc) is 3.16. The Hall–Kier alpha value is -2.35. The Kier molecular flexibility index (Phi) is 4.61. The number of nitrogens with one attached hydrogen (secondary N) is 1. The van der Waals surface area contributed by atoms with E-state index in [1.807, 2.05) is 6.07 Å². The highest BCUT2D eigenvalue weighted by Crippen LogP contribution is 2.49. The summed E-state index contributed by atoms with van der Waals surface area (Å²) in [5.41, 5.74) is 1.11. The van der Waals surface area contributed by atoms with Crippen LogP contribution in [0.2, 0.25) is 0 Å². The van der Waals surface area contributed by atoms with Crippen LogP contribution >= 0.6 is 0 Å². The fourth-order valence-electron chi connectivity index (χ4n) is 3.87. The fourth-order valence-corrected chi connectivity index (χ4v) is 3.87. The molecule has 0 aromatic heterocycles. The molecule has 0 radical (unpaired) electrons. The first-order valence-electron chi connectivity index (χ1n) is 8.09. The summed E-state index contributed by atoms with van der Waals surface area (Å²) in [5, 5.41) is 11.4. The molecule has 2 fully saturated rings. The van der Waals surface area contributed by atoms with E-state index in [2.05, 4.69) is 5.32 Å². The standard InChI is InChI=1S/C18H20N2O3/c19-10-12-2-5-16(6-3-12)20-17(21)11-23-18(22)9-15-8-13-1-4-14(15)7-13/h2-3,5-6,13-15H,1,4,7-9,11H2,(H,20,21)/t13-,14-,15-/m0/s1. The summed E-state index contributed by atoms with van der Waals surface area (Å²) in [4.78, 5) is 23.7. The molecule has 0 aliphatic heterocycles. The number of carbonyl (C=O) groups excluding carboxylic acids is 2. The first-order chi connectivity index (χ1) is 11.1. The number of anilines is 1. The number of nitrogens with zero attached hydrogens (tertiary/aromatic N) is 1. The van der Waals surface area contributed by atoms with E-state index in [1.165, 1.54) is 19.3 Å². The van der Waals surface area contributed by atoms with Crippen LogP contribution in [0, 0.1) is 29.1 Å². The molecule has 2 bridgehead atoms. The van der Waals surface area contributed by atoms with Crippen molar-refractivity contribution in [3.05, 3.63) is 29.8 Å². The van der Waals surface area contributed by atoms with Gasteiger partial charge in [-0.15, -0.1) is 0 Å². The molecule has 0 unspecified atom stereocenters. The topological polar surface area (TPSA) is 79.2 Å². The first kappa shape index (κ1) is 15.5. The monoisotopic (exact) mass is 312 g/mol. The third-order valence-corrected chi connectivity index (χ3v) is 4.98. The number of benzene rings is 1. The van der Waals surface area contributed by atoms with Gasteiger partial charge in [-0.05, 0) is 61.3 Å². The molecular weight excluding hydrogens is 292 g/mol. The number of esters is 1. The van der Waals surface area contributed by atoms with Crippen molar-refractivity contribution in [2.45, 2.75) is 32.1 Å². The summed E-state index contributed by atoms with van der Waals surface area (Å²) in [6.07, 6.45) is 5.38. The maximum Gasteiger partial charge on any atom is 0.306 e. The lowest BCUT2D eigenvalue weighted by Gasteiger charge is -2.20. The normalized spacial score (nSPS) is 24.9. The summed E-state index contributed by atoms with van der Waals surface area (Å²) >= 11 is 0. The predicted molar refractivity (Wildman–Crippen MR) is 84.3 cm³/mol. The Bertz CT molecular complexity index is 633. The van der Waals surface area contributed by atoms with Gasteiger partial charge >= 0.3 is 5.97 Å². The van der Waals surface area contributed by atoms with Crippen LogP contribution in [-0.2, 0) is 14.3 Å². The maximum atomic E-state index is 11.9. The molecule has 120 valence electrons. The van der Waals surface area contributed by atoms with E-state index in [9.17, 15) is 9.59 Å². The summed E-state index contributed by atoms with van der Waals surface area (Å²) in [7, 11) is 0. The van der Waals surface area contributed by atoms with E-state index in [0.717, 1.165) is 12.3 Å². The molecule has 23 heavy (non-hydrogen) atoms. The SMILES string of the molecule is N#Cc1ccc(NC(=O)COC(=O)C[C@@H]2C[C@H]3CC[C@H]2C3)cc1. The third-order valence-electron chi connectivity index (χ3n) is 4.98. The lowest BCUT2D eigenvalue weighted by Crippen LogP contribution is -2.23. The van der Waals surface area contributed by atoms with E-state index in [4.69, 9.17) is 10.00 Å². The molecule has 2 saturated carbocycles. The highest BCUT2D eigenvalue weighted by molar-refractivity contribution is 5.92. The molecule has 1 aromatic carbocycles. The lowest BCUT2D eigenvalue weighted by atomic mass is 9.86. The smallest absolute Gasteiger partial charge is 0.306 e. The summed E-state index contributed by atoms with van der Waals surface area (Å²) in [5.74, 6) is 1.29. The summed E-state index contributed by atoms with van der Waals surface area (Å²) in [6.45, 7) is -0.264. The number of ether oxygens (including phenoxy) is 1. The van der Waals surface area contributed by atoms with Gasteiger partial charge in [0.2, 0.25) is 0 Å². The van der Waals surface area contributed by atoms with Crippen molar-refractivity contribution < 1.29 is 14.3 Å². The average molecular weight is 312 g/mol. The van der Waals surface area contributed by atoms with Crippen LogP contribution in [0.5, 0.6) is 0 Å². The molecule has 1 aromatic rings. The molecule has 2 aliphatic rings. The number of nitriles is 1. The second kappa shape index (κ2) is 6.82. The molecule has 0 heterocycles. The van der Waals surface area contributed by atoms with E-state index in [0.29, 0.717) is 29.5 Å². The van der Waals surface area contributed by atoms with Gasteiger partial charge in [0.1, 0.15) is 0 Å². The molecule has 2 aliphatic carbocycles. The van der Waals surface area contributed by atoms with Crippen molar-refractivity contribution in [2.24, 2.45) is 17.8 Å². The van der Waals surface area contributed by atoms with Gasteiger partial charge in [0.05, 0.1) is 11.6 Å². The quantitative estimate of drug-likeness (QED) is 0.848. The molecule has 0 spiro atoms. The van der Waals surface area contributed by atoms with Crippen molar-refractivity contribution in [3.8, 4) is 6.07 Å². The molecule has 5 heteroatoms. The van der Waals surface area contributed by atoms with E-state index in [-0.39, 0.29) is 18.5 Å². The summed E-state index contributed by atoms with van der Waals surface area (Å²) < 4.78 is 5.09. The zero-order valence-corrected chi connectivity index (χ0v) is 13.0. The summed E-state index contributed by atoms with van der Waals surface area (Å²) in [6, 6.07) is 8.55. The van der Waals surface area contributed by atoms with Crippen LogP contribution in [0.1, 0.15) is 37.7 Å². The van der Waals surface area contributed by atoms with Crippen molar-refractivity contribution in [1.29, 1.82) is 5.26 Å². The Balaban J connectivity index is 1.40. The van der Waals surface area contributed by atoms with Crippen LogP contribution in [0.3, 0.4) is 0 Å². The zero-order valence-electron chi connectivity index (χ0n) is 13.0. The molecular formula is C18H20N2O3. The van der Waals surface area contributed by atoms with E-state index >= 15 is 0 Å². The number of fused-ring (bicyclic) bond motifs is 2. The molecule has 3 rings (SSSR count). The molecule has 1 N–H and O–H groups in total. The Morgan fingerprint density at radius 3 is 2.61 bits per heavy atom. The Labute approximate surface area is 135 Å². The van der Waals surface area contributed by atoms with Gasteiger partial charge in [0.15, 0.2) is 6.61 Å². The number of hydrogen-bond donors (Lipinski definition) is 1. The second-order valence-corrected chi connectivity index (χ2v) is 6.54. The predicted octanol–water partition coefficient (Wildman–Crippen LogP) is 2.87. The van der Waals surface area contributed by atoms with Gasteiger partial charge in [-0.25, -0.2) is 0 Å². The fraction of sp³-hybridized carbons (Fsp3) is 0.500. The van der Waals surface area contributed by atoms with Crippen LogP contribution < -0.4 is 5.32 Å². The van der Waals surface area contributed by atoms with Crippen molar-refractivity contribution in [2.75, 3.05) is 11.9 Å². The third kappa shape index (κ3) is 3.89. The number of amides is 1. The van der Waals surface area contributed by atoms with E-state index in [1.54, 1.807) is 24.3 Å². The number of rotatable bonds is 5. The molecule has 3 atom stereocenters. The van der Waals surface area contributed by atoms with Gasteiger partial charge < -0.3 is 10.1 Å². The van der Waals surface area contributed by atoms with Gasteiger partial charge in [-0.3, -0.25) is 9.59 Å². The minimum atomic E-state index is -0.365. The highest BCUT2D eigenvalue weighted by Gasteiger charge is 2.40. The van der Waals surface area contributed by atoms with Gasteiger partial charge in [-0.1, -0.05) is 6.42 Å². The maximum absolute atomic E-state index is 11.9. The largest absolute Gasteiger partial charge is 0.456 e. The van der Waals surface area contributed by atoms with Gasteiger partial charge in [0.25, 0.3) is 5.91 Å². The number of hydrogen-bond acceptors (Lipinski definition) is 4. The van der Waals surface area contributed by atoms with Crippen LogP contribution in [-0.4, -0.2) is 18.5 Å². The molecule has 5 nitrogen and oxygen atoms in total. The zero-order chi connectivity index (χ0) is 16.2. The van der Waals surface area contributed by atoms with Crippen LogP contribution in [0.4, 0.5) is 5.69 Å². The minimum absolute atomic E-state index is 0.264. The minimum Gasteiger partial charge on any atom is -0.456 e. The second-order valence-electron chi connectivity index (χ2n) is 6.54. The highest BCUT2D eigenvalue weighted by atomic mass is 16.5. The van der Waals surface area contributed by atoms with Crippen LogP contribution in [0.15, 0.2) is 24.3 Å². The van der Waals surface area contributed by atoms with Gasteiger partial charge in [0, 0.05) is 12.1 Å². The van der Waals surface area contributed by atoms with E-state index < -0.39 is 0 Å². The Morgan fingerprint density at radius 1 is 1.22 bits per heavy atom.